The van der Waals surface area contributed by atoms with Gasteiger partial charge in [0.05, 0.1) is 6.10 Å². The van der Waals surface area contributed by atoms with Crippen LogP contribution >= 0.6 is 0 Å². The first-order valence-corrected chi connectivity index (χ1v) is 7.30. The van der Waals surface area contributed by atoms with Crippen molar-refractivity contribution in [2.24, 2.45) is 11.3 Å². The van der Waals surface area contributed by atoms with Crippen molar-refractivity contribution in [1.82, 2.24) is 4.57 Å². The Morgan fingerprint density at radius 3 is 2.53 bits per heavy atom. The van der Waals surface area contributed by atoms with E-state index < -0.39 is 0 Å². The van der Waals surface area contributed by atoms with E-state index in [0.717, 1.165) is 25.7 Å². The Morgan fingerprint density at radius 1 is 1.32 bits per heavy atom. The van der Waals surface area contributed by atoms with Gasteiger partial charge in [0.25, 0.3) is 0 Å². The minimum absolute atomic E-state index is 0.0407. The molecule has 0 aliphatic heterocycles. The van der Waals surface area contributed by atoms with E-state index in [4.69, 9.17) is 0 Å². The molecule has 1 fully saturated rings. The fourth-order valence-corrected chi connectivity index (χ4v) is 3.27. The molecule has 1 saturated carbocycles. The second kappa shape index (κ2) is 5.49. The summed E-state index contributed by atoms with van der Waals surface area (Å²) in [6.07, 6.45) is 7.38. The molecule has 0 spiro atoms. The molecule has 0 aromatic carbocycles. The normalized spacial score (nSPS) is 28.3. The number of nitrogens with zero attached hydrogens (tertiary/aromatic N) is 1. The summed E-state index contributed by atoms with van der Waals surface area (Å²) in [7, 11) is 0. The third-order valence-corrected chi connectivity index (χ3v) is 4.91. The van der Waals surface area contributed by atoms with E-state index >= 15 is 0 Å². The summed E-state index contributed by atoms with van der Waals surface area (Å²) in [5, 5.41) is 9.98. The average molecular weight is 263 g/mol. The third-order valence-electron chi connectivity index (χ3n) is 4.91. The zero-order valence-corrected chi connectivity index (χ0v) is 12.2. The minimum atomic E-state index is -0.215. The number of hydrogen-bond acceptors (Lipinski definition) is 2. The van der Waals surface area contributed by atoms with Gasteiger partial charge in [0.15, 0.2) is 5.43 Å². The van der Waals surface area contributed by atoms with Crippen LogP contribution in [-0.2, 0) is 0 Å². The predicted molar refractivity (Wildman–Crippen MR) is 77.2 cm³/mol. The predicted octanol–water partition coefficient (Wildman–Crippen LogP) is 2.99. The lowest BCUT2D eigenvalue weighted by molar-refractivity contribution is 0.0215. The van der Waals surface area contributed by atoms with E-state index in [1.807, 2.05) is 12.4 Å². The van der Waals surface area contributed by atoms with E-state index in [1.165, 1.54) is 0 Å². The van der Waals surface area contributed by atoms with Gasteiger partial charge in [-0.25, -0.2) is 0 Å². The molecule has 1 aliphatic rings. The monoisotopic (exact) mass is 263 g/mol. The van der Waals surface area contributed by atoms with Crippen LogP contribution in [0.3, 0.4) is 0 Å². The van der Waals surface area contributed by atoms with Crippen molar-refractivity contribution >= 4 is 0 Å². The lowest BCUT2D eigenvalue weighted by Gasteiger charge is -2.44. The second-order valence-corrected chi connectivity index (χ2v) is 6.46. The van der Waals surface area contributed by atoms with Gasteiger partial charge in [-0.15, -0.1) is 0 Å². The van der Waals surface area contributed by atoms with Gasteiger partial charge in [-0.05, 0) is 30.6 Å². The summed E-state index contributed by atoms with van der Waals surface area (Å²) >= 11 is 0. The van der Waals surface area contributed by atoms with Crippen LogP contribution in [0.15, 0.2) is 29.3 Å². The highest BCUT2D eigenvalue weighted by Crippen LogP contribution is 2.46. The highest BCUT2D eigenvalue weighted by Gasteiger charge is 2.38. The van der Waals surface area contributed by atoms with Crippen LogP contribution in [0.4, 0.5) is 0 Å². The zero-order chi connectivity index (χ0) is 14.0. The average Bonchev–Trinajstić information content (AvgIpc) is 2.39. The van der Waals surface area contributed by atoms with E-state index in [9.17, 15) is 9.90 Å². The van der Waals surface area contributed by atoms with Crippen molar-refractivity contribution in [2.75, 3.05) is 0 Å². The summed E-state index contributed by atoms with van der Waals surface area (Å²) in [6.45, 7) is 6.85. The summed E-state index contributed by atoms with van der Waals surface area (Å²) < 4.78 is 2.12. The molecular formula is C16H25NO2. The molecule has 1 aromatic heterocycles. The molecule has 1 N–H and O–H groups in total. The van der Waals surface area contributed by atoms with Crippen molar-refractivity contribution in [3.05, 3.63) is 34.7 Å². The molecular weight excluding hydrogens is 238 g/mol. The molecule has 0 saturated heterocycles. The van der Waals surface area contributed by atoms with Crippen LogP contribution in [0.25, 0.3) is 0 Å². The number of aliphatic hydroxyl groups excluding tert-OH is 1. The van der Waals surface area contributed by atoms with Gasteiger partial charge < -0.3 is 9.67 Å². The van der Waals surface area contributed by atoms with Gasteiger partial charge in [-0.2, -0.15) is 0 Å². The van der Waals surface area contributed by atoms with E-state index in [1.54, 1.807) is 12.1 Å². The fraction of sp³-hybridized carbons (Fsp3) is 0.688. The first-order valence-electron chi connectivity index (χ1n) is 7.30. The molecule has 0 bridgehead atoms. The fourth-order valence-electron chi connectivity index (χ4n) is 3.27. The molecule has 0 amide bonds. The summed E-state index contributed by atoms with van der Waals surface area (Å²) in [5.41, 5.74) is 0.299. The number of aliphatic hydroxyl groups is 1. The highest BCUT2D eigenvalue weighted by molar-refractivity contribution is 4.99. The van der Waals surface area contributed by atoms with Crippen LogP contribution in [0.1, 0.15) is 52.5 Å². The Bertz CT molecular complexity index is 457. The van der Waals surface area contributed by atoms with Gasteiger partial charge >= 0.3 is 0 Å². The van der Waals surface area contributed by atoms with E-state index in [0.29, 0.717) is 12.0 Å². The quantitative estimate of drug-likeness (QED) is 0.911. The molecule has 106 valence electrons. The van der Waals surface area contributed by atoms with Crippen molar-refractivity contribution in [1.29, 1.82) is 0 Å². The van der Waals surface area contributed by atoms with Crippen LogP contribution in [0.5, 0.6) is 0 Å². The molecule has 19 heavy (non-hydrogen) atoms. The van der Waals surface area contributed by atoms with E-state index in [2.05, 4.69) is 25.3 Å². The first-order chi connectivity index (χ1) is 8.94. The molecule has 2 rings (SSSR count). The standard InChI is InChI=1S/C16H25NO2/c1-4-16(2,3)14-6-5-13(19)11-15(14)17-9-7-12(18)8-10-17/h7-10,13-15,19H,4-6,11H2,1-3H3. The molecule has 3 heteroatoms. The zero-order valence-electron chi connectivity index (χ0n) is 12.2. The largest absolute Gasteiger partial charge is 0.393 e. The van der Waals surface area contributed by atoms with Crippen molar-refractivity contribution in [3.63, 3.8) is 0 Å². The summed E-state index contributed by atoms with van der Waals surface area (Å²) in [5.74, 6) is 0.545. The van der Waals surface area contributed by atoms with Crippen molar-refractivity contribution in [3.8, 4) is 0 Å². The summed E-state index contributed by atoms with van der Waals surface area (Å²) in [4.78, 5) is 11.2. The molecule has 3 atom stereocenters. The van der Waals surface area contributed by atoms with Gasteiger partial charge in [-0.3, -0.25) is 4.79 Å². The Kier molecular flexibility index (Phi) is 4.14. The lowest BCUT2D eigenvalue weighted by Crippen LogP contribution is -2.38. The van der Waals surface area contributed by atoms with Gasteiger partial charge in [0.2, 0.25) is 0 Å². The van der Waals surface area contributed by atoms with Crippen molar-refractivity contribution in [2.45, 2.75) is 58.6 Å². The number of rotatable bonds is 3. The smallest absolute Gasteiger partial charge is 0.181 e. The minimum Gasteiger partial charge on any atom is -0.393 e. The Morgan fingerprint density at radius 2 is 1.95 bits per heavy atom. The maximum absolute atomic E-state index is 11.2. The van der Waals surface area contributed by atoms with Gasteiger partial charge in [-0.1, -0.05) is 27.2 Å². The molecule has 1 heterocycles. The number of pyridine rings is 1. The van der Waals surface area contributed by atoms with Gasteiger partial charge in [0.1, 0.15) is 0 Å². The molecule has 1 aromatic rings. The van der Waals surface area contributed by atoms with Crippen LogP contribution < -0.4 is 5.43 Å². The Hall–Kier alpha value is -1.09. The molecule has 3 nitrogen and oxygen atoms in total. The Balaban J connectivity index is 2.31. The topological polar surface area (TPSA) is 42.2 Å². The Labute approximate surface area is 115 Å². The summed E-state index contributed by atoms with van der Waals surface area (Å²) in [6, 6.07) is 3.51. The van der Waals surface area contributed by atoms with Crippen LogP contribution in [0, 0.1) is 11.3 Å². The lowest BCUT2D eigenvalue weighted by atomic mass is 9.66. The maximum Gasteiger partial charge on any atom is 0.181 e. The van der Waals surface area contributed by atoms with Crippen molar-refractivity contribution < 1.29 is 5.11 Å². The highest BCUT2D eigenvalue weighted by atomic mass is 16.3. The third kappa shape index (κ3) is 3.08. The van der Waals surface area contributed by atoms with Gasteiger partial charge in [0, 0.05) is 30.6 Å². The number of hydrogen-bond donors (Lipinski definition) is 1. The maximum atomic E-state index is 11.2. The molecule has 1 aliphatic carbocycles. The second-order valence-electron chi connectivity index (χ2n) is 6.46. The number of aromatic nitrogens is 1. The molecule has 3 unspecified atom stereocenters. The van der Waals surface area contributed by atoms with Crippen LogP contribution in [-0.4, -0.2) is 15.8 Å². The van der Waals surface area contributed by atoms with E-state index in [-0.39, 0.29) is 16.9 Å². The first kappa shape index (κ1) is 14.3. The SMILES string of the molecule is CCC(C)(C)C1CCC(O)CC1n1ccc(=O)cc1. The molecule has 0 radical (unpaired) electrons. The van der Waals surface area contributed by atoms with Crippen LogP contribution in [0.2, 0.25) is 0 Å².